The minimum absolute atomic E-state index is 0.198. The maximum absolute atomic E-state index is 12.8. The smallest absolute Gasteiger partial charge is 0.302 e. The second-order valence-electron chi connectivity index (χ2n) is 9.02. The van der Waals surface area contributed by atoms with Gasteiger partial charge in [0.2, 0.25) is 0 Å². The molecular weight excluding hydrogens is 446 g/mol. The summed E-state index contributed by atoms with van der Waals surface area (Å²) in [5, 5.41) is 11.3. The number of benzene rings is 2. The number of nitrogens with zero attached hydrogens (tertiary/aromatic N) is 1. The highest BCUT2D eigenvalue weighted by Gasteiger charge is 2.21. The van der Waals surface area contributed by atoms with Crippen molar-refractivity contribution in [3.05, 3.63) is 59.2 Å². The minimum atomic E-state index is -0.232. The van der Waals surface area contributed by atoms with E-state index in [0.717, 1.165) is 42.6 Å². The summed E-state index contributed by atoms with van der Waals surface area (Å²) in [7, 11) is 0. The molecule has 1 unspecified atom stereocenters. The lowest BCUT2D eigenvalue weighted by Gasteiger charge is -2.29. The Balaban J connectivity index is 1.28. The third-order valence-electron chi connectivity index (χ3n) is 6.37. The van der Waals surface area contributed by atoms with Crippen LogP contribution in [-0.2, 0) is 20.7 Å². The van der Waals surface area contributed by atoms with Gasteiger partial charge in [-0.25, -0.2) is 0 Å². The highest BCUT2D eigenvalue weighted by molar-refractivity contribution is 6.05. The van der Waals surface area contributed by atoms with Crippen molar-refractivity contribution in [3.63, 3.8) is 0 Å². The molecule has 2 N–H and O–H groups in total. The number of rotatable bonds is 8. The first kappa shape index (κ1) is 24.7. The molecule has 2 aliphatic heterocycles. The topological polar surface area (TPSA) is 101 Å². The van der Waals surface area contributed by atoms with Crippen LogP contribution >= 0.6 is 0 Å². The summed E-state index contributed by atoms with van der Waals surface area (Å²) >= 11 is 0. The summed E-state index contributed by atoms with van der Waals surface area (Å²) in [5.41, 5.74) is 3.16. The van der Waals surface area contributed by atoms with Crippen molar-refractivity contribution in [2.75, 3.05) is 44.8 Å². The third-order valence-corrected chi connectivity index (χ3v) is 6.37. The summed E-state index contributed by atoms with van der Waals surface area (Å²) in [5.74, 6) is 1.28. The largest absolute Gasteiger partial charge is 0.493 e. The molecule has 0 radical (unpaired) electrons. The highest BCUT2D eigenvalue weighted by atomic mass is 16.5. The molecule has 8 heteroatoms. The standard InChI is InChI=1S/C27H33N3O5/c1-19(31)34-13-3-2-4-20-16-23-9-10-24(17-25(23)35-18-20)29-27(32)22-7-5-21(6-8-22)26(28)30-11-14-33-15-12-30/h5-10,17,20,28H,2-4,11-16,18H2,1H3,(H,29,32). The van der Waals surface area contributed by atoms with E-state index in [9.17, 15) is 9.59 Å². The minimum Gasteiger partial charge on any atom is -0.493 e. The Bertz CT molecular complexity index is 1050. The lowest BCUT2D eigenvalue weighted by Crippen LogP contribution is -2.40. The van der Waals surface area contributed by atoms with Crippen LogP contribution in [0.15, 0.2) is 42.5 Å². The number of amides is 1. The van der Waals surface area contributed by atoms with Crippen molar-refractivity contribution in [2.24, 2.45) is 5.92 Å². The van der Waals surface area contributed by atoms with Gasteiger partial charge in [-0.15, -0.1) is 0 Å². The molecule has 1 fully saturated rings. The Hall–Kier alpha value is -3.39. The van der Waals surface area contributed by atoms with Crippen LogP contribution in [0.3, 0.4) is 0 Å². The van der Waals surface area contributed by atoms with Gasteiger partial charge >= 0.3 is 5.97 Å². The molecule has 8 nitrogen and oxygen atoms in total. The number of hydrogen-bond donors (Lipinski definition) is 2. The molecule has 0 aliphatic carbocycles. The molecule has 0 bridgehead atoms. The summed E-state index contributed by atoms with van der Waals surface area (Å²) in [6.45, 7) is 5.23. The number of morpholine rings is 1. The van der Waals surface area contributed by atoms with Crippen LogP contribution in [0.5, 0.6) is 5.75 Å². The average molecular weight is 480 g/mol. The molecule has 2 aromatic rings. The van der Waals surface area contributed by atoms with E-state index in [0.29, 0.717) is 62.5 Å². The molecule has 0 aromatic heterocycles. The third kappa shape index (κ3) is 6.82. The first-order chi connectivity index (χ1) is 17.0. The van der Waals surface area contributed by atoms with Gasteiger partial charge in [0.15, 0.2) is 0 Å². The maximum atomic E-state index is 12.8. The monoisotopic (exact) mass is 479 g/mol. The Labute approximate surface area is 206 Å². The fourth-order valence-electron chi connectivity index (χ4n) is 4.40. The fourth-order valence-corrected chi connectivity index (χ4v) is 4.40. The first-order valence-electron chi connectivity index (χ1n) is 12.2. The lowest BCUT2D eigenvalue weighted by molar-refractivity contribution is -0.141. The molecular formula is C27H33N3O5. The molecule has 2 aromatic carbocycles. The number of hydrogen-bond acceptors (Lipinski definition) is 6. The van der Waals surface area contributed by atoms with Crippen molar-refractivity contribution in [1.29, 1.82) is 5.41 Å². The van der Waals surface area contributed by atoms with Gasteiger partial charge in [0.05, 0.1) is 26.4 Å². The molecule has 4 rings (SSSR count). The van der Waals surface area contributed by atoms with Crippen molar-refractivity contribution in [1.82, 2.24) is 4.90 Å². The normalized spacial score (nSPS) is 17.2. The van der Waals surface area contributed by atoms with Crippen LogP contribution in [0, 0.1) is 11.3 Å². The van der Waals surface area contributed by atoms with Gasteiger partial charge < -0.3 is 24.4 Å². The SMILES string of the molecule is CC(=O)OCCCCC1COc2cc(NC(=O)c3ccc(C(=N)N4CCOCC4)cc3)ccc2C1. The molecule has 1 atom stereocenters. The number of esters is 1. The number of ether oxygens (including phenoxy) is 3. The number of anilines is 1. The van der Waals surface area contributed by atoms with Gasteiger partial charge in [-0.05, 0) is 55.4 Å². The van der Waals surface area contributed by atoms with E-state index >= 15 is 0 Å². The van der Waals surface area contributed by atoms with Crippen LogP contribution in [0.1, 0.15) is 47.7 Å². The Kier molecular flexibility index (Phi) is 8.36. The first-order valence-corrected chi connectivity index (χ1v) is 12.2. The molecule has 0 saturated carbocycles. The van der Waals surface area contributed by atoms with E-state index in [2.05, 4.69) is 5.32 Å². The van der Waals surface area contributed by atoms with Gasteiger partial charge in [-0.3, -0.25) is 15.0 Å². The Morgan fingerprint density at radius 2 is 1.83 bits per heavy atom. The van der Waals surface area contributed by atoms with Crippen molar-refractivity contribution in [3.8, 4) is 5.75 Å². The zero-order chi connectivity index (χ0) is 24.6. The Morgan fingerprint density at radius 3 is 2.57 bits per heavy atom. The molecule has 35 heavy (non-hydrogen) atoms. The van der Waals surface area contributed by atoms with Crippen molar-refractivity contribution < 1.29 is 23.8 Å². The van der Waals surface area contributed by atoms with Crippen LogP contribution in [0.25, 0.3) is 0 Å². The van der Waals surface area contributed by atoms with E-state index in [-0.39, 0.29) is 11.9 Å². The lowest BCUT2D eigenvalue weighted by atomic mass is 9.92. The summed E-state index contributed by atoms with van der Waals surface area (Å²) in [6, 6.07) is 12.9. The van der Waals surface area contributed by atoms with Gasteiger partial charge in [-0.2, -0.15) is 0 Å². The molecule has 0 spiro atoms. The quantitative estimate of drug-likeness (QED) is 0.258. The van der Waals surface area contributed by atoms with Gasteiger partial charge in [-0.1, -0.05) is 18.2 Å². The molecule has 1 amide bonds. The number of carbonyl (C=O) groups is 2. The van der Waals surface area contributed by atoms with Crippen LogP contribution < -0.4 is 10.1 Å². The summed E-state index contributed by atoms with van der Waals surface area (Å²) in [4.78, 5) is 25.6. The van der Waals surface area contributed by atoms with Gasteiger partial charge in [0, 0.05) is 42.9 Å². The molecule has 2 aliphatic rings. The highest BCUT2D eigenvalue weighted by Crippen LogP contribution is 2.32. The predicted molar refractivity (Wildman–Crippen MR) is 133 cm³/mol. The Morgan fingerprint density at radius 1 is 1.09 bits per heavy atom. The van der Waals surface area contributed by atoms with Crippen LogP contribution in [0.4, 0.5) is 5.69 Å². The van der Waals surface area contributed by atoms with Crippen LogP contribution in [0.2, 0.25) is 0 Å². The van der Waals surface area contributed by atoms with Gasteiger partial charge in [0.25, 0.3) is 5.91 Å². The van der Waals surface area contributed by atoms with E-state index in [1.165, 1.54) is 6.92 Å². The molecule has 1 saturated heterocycles. The fraction of sp³-hybridized carbons (Fsp3) is 0.444. The van der Waals surface area contributed by atoms with Crippen molar-refractivity contribution in [2.45, 2.75) is 32.6 Å². The second kappa shape index (κ2) is 11.8. The van der Waals surface area contributed by atoms with Gasteiger partial charge in [0.1, 0.15) is 11.6 Å². The predicted octanol–water partition coefficient (Wildman–Crippen LogP) is 3.88. The van der Waals surface area contributed by atoms with E-state index in [1.807, 2.05) is 35.2 Å². The average Bonchev–Trinajstić information content (AvgIpc) is 2.88. The second-order valence-corrected chi connectivity index (χ2v) is 9.02. The van der Waals surface area contributed by atoms with Crippen LogP contribution in [-0.4, -0.2) is 62.1 Å². The summed E-state index contributed by atoms with van der Waals surface area (Å²) < 4.78 is 16.3. The maximum Gasteiger partial charge on any atom is 0.302 e. The number of unbranched alkanes of at least 4 members (excludes halogenated alkanes) is 1. The zero-order valence-electron chi connectivity index (χ0n) is 20.2. The number of nitrogens with one attached hydrogen (secondary N) is 2. The van der Waals surface area contributed by atoms with E-state index in [1.54, 1.807) is 12.1 Å². The number of fused-ring (bicyclic) bond motifs is 1. The number of amidine groups is 1. The van der Waals surface area contributed by atoms with E-state index in [4.69, 9.17) is 19.6 Å². The van der Waals surface area contributed by atoms with Crippen molar-refractivity contribution >= 4 is 23.4 Å². The van der Waals surface area contributed by atoms with E-state index < -0.39 is 0 Å². The molecule has 186 valence electrons. The zero-order valence-corrected chi connectivity index (χ0v) is 20.2. The summed E-state index contributed by atoms with van der Waals surface area (Å²) in [6.07, 6.45) is 3.82. The molecule has 2 heterocycles. The number of carbonyl (C=O) groups excluding carboxylic acids is 2.